The van der Waals surface area contributed by atoms with E-state index in [0.29, 0.717) is 167 Å². The number of hydrogen-bond donors (Lipinski definition) is 0. The van der Waals surface area contributed by atoms with E-state index in [1.165, 1.54) is 8.96 Å². The lowest BCUT2D eigenvalue weighted by molar-refractivity contribution is -0.870. The molecule has 2 aliphatic heterocycles. The fraction of sp³-hybridized carbons (Fsp3) is 0.475. The monoisotopic (exact) mass is 1340 g/mol. The average Bonchev–Trinajstić information content (AvgIpc) is 4.03. The number of nitrogens with zero attached hydrogens (tertiary/aromatic N) is 3. The van der Waals surface area contributed by atoms with Crippen LogP contribution in [0.15, 0.2) is 87.7 Å². The number of rotatable bonds is 39. The third-order valence-corrected chi connectivity index (χ3v) is 15.4. The molecule has 0 fully saturated rings. The molecule has 3 heterocycles. The van der Waals surface area contributed by atoms with Crippen molar-refractivity contribution < 1.29 is 79.2 Å². The fourth-order valence-electron chi connectivity index (χ4n) is 8.55. The van der Waals surface area contributed by atoms with Crippen molar-refractivity contribution in [1.29, 1.82) is 0 Å². The molecule has 0 saturated heterocycles. The maximum atomic E-state index is 18.3. The SMILES string of the molecule is COCCOCCOCCOc1ccc(C2=C3C(C)=C(I)C(/C=C/c4ccc(OCC[N+](C)(C)C)cc4)=[N+]3[B-](F)(F)n3c(/C=C/c4ccc(OCCOCCOCCOC)c(OCCOCCOCCOC)c4)c(I)c(C)c32)cc1. The lowest BCUT2D eigenvalue weighted by Crippen LogP contribution is -2.51. The largest absolute Gasteiger partial charge is 0.737 e. The van der Waals surface area contributed by atoms with Gasteiger partial charge < -0.3 is 83.7 Å². The third kappa shape index (κ3) is 19.2. The first kappa shape index (κ1) is 64.9. The fourth-order valence-corrected chi connectivity index (χ4v) is 9.94. The van der Waals surface area contributed by atoms with E-state index in [2.05, 4.69) is 66.3 Å². The lowest BCUT2D eigenvalue weighted by Gasteiger charge is -2.34. The number of quaternary nitrogens is 1. The number of ether oxygens (including phenoxy) is 13. The van der Waals surface area contributed by atoms with Gasteiger partial charge in [-0.2, -0.15) is 0 Å². The second kappa shape index (κ2) is 33.8. The summed E-state index contributed by atoms with van der Waals surface area (Å²) in [4.78, 5) is 0. The van der Waals surface area contributed by atoms with Gasteiger partial charge in [0.1, 0.15) is 44.5 Å². The summed E-state index contributed by atoms with van der Waals surface area (Å²) in [6.45, 7) is 8.13. The molecule has 16 nitrogen and oxygen atoms in total. The maximum Gasteiger partial charge on any atom is 0.737 e. The van der Waals surface area contributed by atoms with E-state index >= 15 is 8.63 Å². The van der Waals surface area contributed by atoms with Gasteiger partial charge in [-0.3, -0.25) is 0 Å². The minimum Gasteiger partial charge on any atom is -0.491 e. The van der Waals surface area contributed by atoms with Crippen molar-refractivity contribution >= 4 is 81.7 Å². The normalized spacial score (nSPS) is 14.3. The maximum absolute atomic E-state index is 18.3. The lowest BCUT2D eigenvalue weighted by atomic mass is 9.83. The number of benzene rings is 3. The van der Waals surface area contributed by atoms with Crippen molar-refractivity contribution in [2.24, 2.45) is 0 Å². The molecule has 0 atom stereocenters. The molecular formula is C59H79BF2I2N3O13+. The number of halogens is 4. The van der Waals surface area contributed by atoms with Crippen LogP contribution in [0.5, 0.6) is 23.0 Å². The van der Waals surface area contributed by atoms with Gasteiger partial charge in [0.05, 0.1) is 129 Å². The van der Waals surface area contributed by atoms with Crippen LogP contribution in [0.2, 0.25) is 0 Å². The highest BCUT2D eigenvalue weighted by Crippen LogP contribution is 2.48. The van der Waals surface area contributed by atoms with Crippen molar-refractivity contribution in [2.75, 3.05) is 175 Å². The van der Waals surface area contributed by atoms with E-state index in [-0.39, 0.29) is 13.2 Å². The van der Waals surface area contributed by atoms with Gasteiger partial charge in [-0.15, -0.1) is 0 Å². The first-order valence-corrected chi connectivity index (χ1v) is 29.0. The zero-order chi connectivity index (χ0) is 57.3. The predicted molar refractivity (Wildman–Crippen MR) is 326 cm³/mol. The van der Waals surface area contributed by atoms with Crippen molar-refractivity contribution in [3.8, 4) is 23.0 Å². The first-order valence-electron chi connectivity index (χ1n) is 26.9. The summed E-state index contributed by atoms with van der Waals surface area (Å²) in [6.07, 6.45) is 7.26. The summed E-state index contributed by atoms with van der Waals surface area (Å²) < 4.78 is 115. The number of allylic oxidation sites excluding steroid dienone is 3. The van der Waals surface area contributed by atoms with Gasteiger partial charge in [0, 0.05) is 47.9 Å². The molecule has 0 aliphatic carbocycles. The Kier molecular flexibility index (Phi) is 27.4. The topological polar surface area (TPSA) is 128 Å². The Morgan fingerprint density at radius 1 is 0.525 bits per heavy atom. The smallest absolute Gasteiger partial charge is 0.491 e. The van der Waals surface area contributed by atoms with Crippen molar-refractivity contribution in [3.05, 3.63) is 125 Å². The van der Waals surface area contributed by atoms with Gasteiger partial charge in [0.25, 0.3) is 0 Å². The molecule has 4 aromatic rings. The van der Waals surface area contributed by atoms with Gasteiger partial charge in [0.15, 0.2) is 22.9 Å². The molecule has 438 valence electrons. The van der Waals surface area contributed by atoms with Crippen LogP contribution in [0.1, 0.15) is 40.6 Å². The zero-order valence-corrected chi connectivity index (χ0v) is 51.9. The molecule has 21 heteroatoms. The van der Waals surface area contributed by atoms with E-state index in [4.69, 9.17) is 61.6 Å². The molecule has 80 heavy (non-hydrogen) atoms. The molecule has 0 bridgehead atoms. The molecule has 0 N–H and O–H groups in total. The van der Waals surface area contributed by atoms with E-state index in [9.17, 15) is 0 Å². The molecule has 1 aromatic heterocycles. The minimum atomic E-state index is -4.51. The highest BCUT2D eigenvalue weighted by molar-refractivity contribution is 14.1. The van der Waals surface area contributed by atoms with Crippen molar-refractivity contribution in [2.45, 2.75) is 13.8 Å². The molecule has 0 amide bonds. The number of fused-ring (bicyclic) bond motifs is 2. The number of likely N-dealkylation sites (N-methyl/N-ethyl adjacent to an activating group) is 1. The number of methoxy groups -OCH3 is 3. The molecule has 2 aliphatic rings. The summed E-state index contributed by atoms with van der Waals surface area (Å²) in [5, 5.41) is 0. The number of hydrogen-bond acceptors (Lipinski definition) is 13. The standard InChI is InChI=1S/C59H79BF2I2N3O13/c1-44-56(63)51(20-11-46-9-16-49(17-10-46)77-24-23-67(3,4)5)65-58(44)55(48-14-18-50(19-15-48)78-40-37-74-34-31-71-28-25-68-6)59-45(2)57(64)52(66(59)60(65,61)62)21-12-47-13-22-53(79-41-38-75-35-32-72-29-26-69-7)54(43-47)80-42-39-76-36-33-73-30-27-70-8/h9-22,43H,23-42H2,1-8H3/q+1/b20-11+,21-12+. The summed E-state index contributed by atoms with van der Waals surface area (Å²) in [7, 11) is 11.2. The first-order chi connectivity index (χ1) is 38.7. The van der Waals surface area contributed by atoms with Crippen LogP contribution in [0, 0.1) is 10.5 Å². The summed E-state index contributed by atoms with van der Waals surface area (Å²) in [5.74, 6) is 2.34. The van der Waals surface area contributed by atoms with Crippen LogP contribution in [-0.4, -0.2) is 201 Å². The van der Waals surface area contributed by atoms with Gasteiger partial charge in [-0.25, -0.2) is 0 Å². The Morgan fingerprint density at radius 2 is 0.975 bits per heavy atom. The molecule has 0 spiro atoms. The third-order valence-electron chi connectivity index (χ3n) is 12.7. The zero-order valence-electron chi connectivity index (χ0n) is 47.5. The Bertz CT molecular complexity index is 2730. The summed E-state index contributed by atoms with van der Waals surface area (Å²) in [5.41, 5.74) is 6.14. The van der Waals surface area contributed by atoms with Crippen LogP contribution >= 0.6 is 45.2 Å². The van der Waals surface area contributed by atoms with Gasteiger partial charge in [0.2, 0.25) is 0 Å². The van der Waals surface area contributed by atoms with Crippen LogP contribution < -0.4 is 18.9 Å². The van der Waals surface area contributed by atoms with Crippen LogP contribution in [0.4, 0.5) is 8.63 Å². The minimum absolute atomic E-state index is 0.228. The van der Waals surface area contributed by atoms with Crippen molar-refractivity contribution in [3.63, 3.8) is 0 Å². The van der Waals surface area contributed by atoms with E-state index in [1.54, 1.807) is 33.5 Å². The Labute approximate surface area is 498 Å². The summed E-state index contributed by atoms with van der Waals surface area (Å²) >= 11 is 4.42. The Morgan fingerprint density at radius 3 is 1.50 bits per heavy atom. The van der Waals surface area contributed by atoms with Gasteiger partial charge in [-0.05, 0) is 130 Å². The van der Waals surface area contributed by atoms with Crippen LogP contribution in [0.3, 0.4) is 0 Å². The number of aromatic nitrogens is 1. The van der Waals surface area contributed by atoms with Crippen LogP contribution in [0.25, 0.3) is 23.8 Å². The second-order valence-electron chi connectivity index (χ2n) is 19.6. The molecule has 3 aromatic carbocycles. The molecule has 6 rings (SSSR count). The van der Waals surface area contributed by atoms with Crippen LogP contribution in [-0.2, 0) is 42.6 Å². The molecule has 0 radical (unpaired) electrons. The van der Waals surface area contributed by atoms with Crippen molar-refractivity contribution in [1.82, 2.24) is 4.48 Å². The predicted octanol–water partition coefficient (Wildman–Crippen LogP) is 9.72. The Hall–Kier alpha value is -4.25. The quantitative estimate of drug-likeness (QED) is 0.0182. The van der Waals surface area contributed by atoms with E-state index in [0.717, 1.165) is 42.6 Å². The highest BCUT2D eigenvalue weighted by atomic mass is 127. The molecular weight excluding hydrogens is 1260 g/mol. The molecule has 0 unspecified atom stereocenters. The van der Waals surface area contributed by atoms with E-state index < -0.39 is 6.97 Å². The summed E-state index contributed by atoms with van der Waals surface area (Å²) in [6, 6.07) is 20.8. The van der Waals surface area contributed by atoms with Gasteiger partial charge >= 0.3 is 6.97 Å². The average molecular weight is 1340 g/mol. The van der Waals surface area contributed by atoms with E-state index in [1.807, 2.05) is 92.7 Å². The van der Waals surface area contributed by atoms with Gasteiger partial charge in [-0.1, -0.05) is 36.4 Å². The second-order valence-corrected chi connectivity index (χ2v) is 21.7. The highest BCUT2D eigenvalue weighted by Gasteiger charge is 2.57. The Balaban J connectivity index is 1.32. The molecule has 0 saturated carbocycles.